The Labute approximate surface area is 150 Å². The van der Waals surface area contributed by atoms with Crippen LogP contribution in [0.3, 0.4) is 0 Å². The van der Waals surface area contributed by atoms with Crippen LogP contribution in [0.5, 0.6) is 0 Å². The van der Waals surface area contributed by atoms with Gasteiger partial charge in [0.1, 0.15) is 0 Å². The molecule has 1 atom stereocenters. The lowest BCUT2D eigenvalue weighted by atomic mass is 9.91. The van der Waals surface area contributed by atoms with Crippen LogP contribution in [0.25, 0.3) is 0 Å². The second kappa shape index (κ2) is 7.58. The largest absolute Gasteiger partial charge is 0.335 e. The summed E-state index contributed by atoms with van der Waals surface area (Å²) < 4.78 is 0. The molecule has 2 saturated heterocycles. The Kier molecular flexibility index (Phi) is 5.04. The minimum atomic E-state index is 0.117. The van der Waals surface area contributed by atoms with E-state index in [0.717, 1.165) is 58.5 Å². The molecule has 134 valence electrons. The second-order valence-electron chi connectivity index (χ2n) is 7.27. The Morgan fingerprint density at radius 1 is 1.08 bits per heavy atom. The van der Waals surface area contributed by atoms with Gasteiger partial charge in [-0.2, -0.15) is 0 Å². The summed E-state index contributed by atoms with van der Waals surface area (Å²) in [5.41, 5.74) is 2.86. The molecule has 0 radical (unpaired) electrons. The molecule has 1 aliphatic carbocycles. The zero-order chi connectivity index (χ0) is 17.1. The first-order chi connectivity index (χ1) is 12.3. The van der Waals surface area contributed by atoms with Crippen LogP contribution >= 0.6 is 0 Å². The van der Waals surface area contributed by atoms with Gasteiger partial charge in [-0.1, -0.05) is 36.4 Å². The van der Waals surface area contributed by atoms with Gasteiger partial charge in [0.25, 0.3) is 0 Å². The molecular weight excluding hydrogens is 312 g/mol. The normalized spacial score (nSPS) is 24.8. The van der Waals surface area contributed by atoms with Gasteiger partial charge in [0.05, 0.1) is 6.04 Å². The first kappa shape index (κ1) is 16.6. The molecule has 2 fully saturated rings. The quantitative estimate of drug-likeness (QED) is 0.809. The Hall–Kier alpha value is -1.85. The van der Waals surface area contributed by atoms with Gasteiger partial charge in [-0.15, -0.1) is 0 Å². The molecule has 1 aromatic carbocycles. The number of carbonyl (C=O) groups excluding carboxylic acids is 1. The van der Waals surface area contributed by atoms with E-state index in [1.165, 1.54) is 11.1 Å². The van der Waals surface area contributed by atoms with Gasteiger partial charge in [-0.3, -0.25) is 4.90 Å². The smallest absolute Gasteiger partial charge is 0.317 e. The fourth-order valence-corrected chi connectivity index (χ4v) is 4.19. The predicted molar refractivity (Wildman–Crippen MR) is 99.6 cm³/mol. The van der Waals surface area contributed by atoms with Crippen molar-refractivity contribution in [2.45, 2.75) is 31.3 Å². The average molecular weight is 340 g/mol. The van der Waals surface area contributed by atoms with Crippen LogP contribution in [0.2, 0.25) is 0 Å². The van der Waals surface area contributed by atoms with E-state index in [1.807, 2.05) is 4.90 Å². The minimum Gasteiger partial charge on any atom is -0.335 e. The summed E-state index contributed by atoms with van der Waals surface area (Å²) in [6.45, 7) is 5.50. The number of benzene rings is 1. The van der Waals surface area contributed by atoms with E-state index in [9.17, 15) is 4.79 Å². The molecule has 2 heterocycles. The first-order valence-corrected chi connectivity index (χ1v) is 9.56. The third-order valence-electron chi connectivity index (χ3n) is 5.69. The molecule has 5 heteroatoms. The molecule has 0 bridgehead atoms. The first-order valence-electron chi connectivity index (χ1n) is 9.56. The van der Waals surface area contributed by atoms with Crippen molar-refractivity contribution in [3.8, 4) is 0 Å². The van der Waals surface area contributed by atoms with Crippen LogP contribution in [0.1, 0.15) is 30.0 Å². The number of piperazine rings is 1. The third-order valence-corrected chi connectivity index (χ3v) is 5.69. The highest BCUT2D eigenvalue weighted by Gasteiger charge is 2.28. The highest BCUT2D eigenvalue weighted by atomic mass is 16.2. The fourth-order valence-electron chi connectivity index (χ4n) is 4.19. The summed E-state index contributed by atoms with van der Waals surface area (Å²) in [5, 5.41) is 6.55. The number of piperidine rings is 1. The third kappa shape index (κ3) is 3.72. The highest BCUT2D eigenvalue weighted by molar-refractivity contribution is 5.74. The van der Waals surface area contributed by atoms with Crippen molar-refractivity contribution in [1.29, 1.82) is 0 Å². The van der Waals surface area contributed by atoms with E-state index in [0.29, 0.717) is 12.1 Å². The zero-order valence-corrected chi connectivity index (χ0v) is 14.8. The van der Waals surface area contributed by atoms with Crippen molar-refractivity contribution in [2.24, 2.45) is 0 Å². The zero-order valence-electron chi connectivity index (χ0n) is 14.8. The van der Waals surface area contributed by atoms with Crippen molar-refractivity contribution in [2.75, 3.05) is 39.3 Å². The standard InChI is InChI=1S/C20H28N4O/c25-20(22-17-8-10-21-11-9-17)24-14-12-23(13-15-24)19-7-3-5-16-4-1-2-6-18(16)19/h1-4,6-7,17,19,21H,5,8-15H2,(H,22,25). The molecule has 2 amide bonds. The summed E-state index contributed by atoms with van der Waals surface area (Å²) in [4.78, 5) is 17.0. The van der Waals surface area contributed by atoms with Crippen molar-refractivity contribution in [3.63, 3.8) is 0 Å². The minimum absolute atomic E-state index is 0.117. The van der Waals surface area contributed by atoms with Gasteiger partial charge in [-0.05, 0) is 43.5 Å². The second-order valence-corrected chi connectivity index (χ2v) is 7.27. The Morgan fingerprint density at radius 2 is 1.84 bits per heavy atom. The van der Waals surface area contributed by atoms with Gasteiger partial charge in [0, 0.05) is 32.2 Å². The number of nitrogens with one attached hydrogen (secondary N) is 2. The summed E-state index contributed by atoms with van der Waals surface area (Å²) in [5.74, 6) is 0. The van der Waals surface area contributed by atoms with Gasteiger partial charge < -0.3 is 15.5 Å². The van der Waals surface area contributed by atoms with Crippen LogP contribution in [0.4, 0.5) is 4.79 Å². The maximum absolute atomic E-state index is 12.5. The molecule has 25 heavy (non-hydrogen) atoms. The molecule has 1 unspecified atom stereocenters. The van der Waals surface area contributed by atoms with E-state index >= 15 is 0 Å². The van der Waals surface area contributed by atoms with E-state index in [4.69, 9.17) is 0 Å². The van der Waals surface area contributed by atoms with Crippen LogP contribution in [-0.4, -0.2) is 61.1 Å². The van der Waals surface area contributed by atoms with Gasteiger partial charge >= 0.3 is 6.03 Å². The van der Waals surface area contributed by atoms with Crippen LogP contribution in [0.15, 0.2) is 36.4 Å². The molecule has 3 aliphatic rings. The van der Waals surface area contributed by atoms with Gasteiger partial charge in [-0.25, -0.2) is 4.79 Å². The maximum atomic E-state index is 12.5. The van der Waals surface area contributed by atoms with Gasteiger partial charge in [0.2, 0.25) is 0 Å². The average Bonchev–Trinajstić information content (AvgIpc) is 2.68. The summed E-state index contributed by atoms with van der Waals surface area (Å²) in [6, 6.07) is 9.55. The number of allylic oxidation sites excluding steroid dienone is 1. The number of urea groups is 1. The maximum Gasteiger partial charge on any atom is 0.317 e. The SMILES string of the molecule is O=C(NC1CCNCC1)N1CCN(C2C=CCc3ccccc32)CC1. The van der Waals surface area contributed by atoms with Crippen LogP contribution in [0, 0.1) is 0 Å². The number of amides is 2. The predicted octanol–water partition coefficient (Wildman–Crippen LogP) is 1.92. The number of rotatable bonds is 2. The number of hydrogen-bond acceptors (Lipinski definition) is 3. The molecular formula is C20H28N4O. The summed E-state index contributed by atoms with van der Waals surface area (Å²) in [7, 11) is 0. The van der Waals surface area contributed by atoms with E-state index in [2.05, 4.69) is 52.0 Å². The Morgan fingerprint density at radius 3 is 2.64 bits per heavy atom. The molecule has 1 aromatic rings. The summed E-state index contributed by atoms with van der Waals surface area (Å²) in [6.07, 6.45) is 7.71. The molecule has 2 N–H and O–H groups in total. The molecule has 0 spiro atoms. The van der Waals surface area contributed by atoms with Crippen molar-refractivity contribution in [1.82, 2.24) is 20.4 Å². The fraction of sp³-hybridized carbons (Fsp3) is 0.550. The van der Waals surface area contributed by atoms with E-state index < -0.39 is 0 Å². The molecule has 4 rings (SSSR count). The van der Waals surface area contributed by atoms with Gasteiger partial charge in [0.15, 0.2) is 0 Å². The molecule has 0 aromatic heterocycles. The lowest BCUT2D eigenvalue weighted by molar-refractivity contribution is 0.119. The number of fused-ring (bicyclic) bond motifs is 1. The number of carbonyl (C=O) groups is 1. The van der Waals surface area contributed by atoms with E-state index in [1.54, 1.807) is 0 Å². The van der Waals surface area contributed by atoms with E-state index in [-0.39, 0.29) is 6.03 Å². The molecule has 0 saturated carbocycles. The van der Waals surface area contributed by atoms with Crippen LogP contribution < -0.4 is 10.6 Å². The number of nitrogens with zero attached hydrogens (tertiary/aromatic N) is 2. The lowest BCUT2D eigenvalue weighted by Crippen LogP contribution is -2.55. The van der Waals surface area contributed by atoms with Crippen molar-refractivity contribution < 1.29 is 4.79 Å². The monoisotopic (exact) mass is 340 g/mol. The molecule has 2 aliphatic heterocycles. The lowest BCUT2D eigenvalue weighted by Gasteiger charge is -2.40. The molecule has 5 nitrogen and oxygen atoms in total. The Bertz CT molecular complexity index is 630. The van der Waals surface area contributed by atoms with Crippen molar-refractivity contribution in [3.05, 3.63) is 47.5 Å². The van der Waals surface area contributed by atoms with Crippen LogP contribution in [-0.2, 0) is 6.42 Å². The topological polar surface area (TPSA) is 47.6 Å². The highest BCUT2D eigenvalue weighted by Crippen LogP contribution is 2.30. The number of hydrogen-bond donors (Lipinski definition) is 2. The van der Waals surface area contributed by atoms with Crippen molar-refractivity contribution >= 4 is 6.03 Å². The Balaban J connectivity index is 1.33. The summed E-state index contributed by atoms with van der Waals surface area (Å²) >= 11 is 0.